The number of ether oxygens (including phenoxy) is 1. The molecule has 0 radical (unpaired) electrons. The summed E-state index contributed by atoms with van der Waals surface area (Å²) in [7, 11) is 0. The summed E-state index contributed by atoms with van der Waals surface area (Å²) in [5, 5.41) is 2.97. The van der Waals surface area contributed by atoms with Gasteiger partial charge in [0, 0.05) is 6.54 Å². The molecule has 2 atom stereocenters. The highest BCUT2D eigenvalue weighted by molar-refractivity contribution is 5.80. The van der Waals surface area contributed by atoms with Crippen molar-refractivity contribution in [3.8, 4) is 5.75 Å². The first kappa shape index (κ1) is 17.1. The van der Waals surface area contributed by atoms with Crippen molar-refractivity contribution in [1.29, 1.82) is 0 Å². The van der Waals surface area contributed by atoms with Crippen molar-refractivity contribution in [1.82, 2.24) is 5.32 Å². The van der Waals surface area contributed by atoms with E-state index in [4.69, 9.17) is 4.74 Å². The zero-order valence-corrected chi connectivity index (χ0v) is 14.3. The zero-order chi connectivity index (χ0) is 16.8. The molecule has 0 aliphatic rings. The van der Waals surface area contributed by atoms with Crippen LogP contribution in [0.15, 0.2) is 48.5 Å². The van der Waals surface area contributed by atoms with Gasteiger partial charge >= 0.3 is 0 Å². The van der Waals surface area contributed by atoms with E-state index in [-0.39, 0.29) is 11.8 Å². The molecule has 2 aromatic carbocycles. The summed E-state index contributed by atoms with van der Waals surface area (Å²) in [6, 6.07) is 16.1. The summed E-state index contributed by atoms with van der Waals surface area (Å²) in [5.74, 6) is 0.940. The number of hydrogen-bond acceptors (Lipinski definition) is 2. The molecule has 1 N–H and O–H groups in total. The second kappa shape index (κ2) is 7.82. The number of carbonyl (C=O) groups is 1. The van der Waals surface area contributed by atoms with Gasteiger partial charge in [0.15, 0.2) is 6.10 Å². The molecule has 122 valence electrons. The summed E-state index contributed by atoms with van der Waals surface area (Å²) in [6.07, 6.45) is -0.514. The molecule has 0 saturated carbocycles. The maximum atomic E-state index is 12.2. The molecule has 0 saturated heterocycles. The second-order valence-electron chi connectivity index (χ2n) is 6.09. The van der Waals surface area contributed by atoms with Crippen LogP contribution in [-0.2, 0) is 4.79 Å². The average Bonchev–Trinajstić information content (AvgIpc) is 2.55. The Balaban J connectivity index is 1.87. The molecule has 2 rings (SSSR count). The highest BCUT2D eigenvalue weighted by atomic mass is 16.5. The van der Waals surface area contributed by atoms with Crippen LogP contribution in [0.1, 0.15) is 36.5 Å². The van der Waals surface area contributed by atoms with E-state index in [0.29, 0.717) is 6.54 Å². The molecule has 0 bridgehead atoms. The molecule has 1 amide bonds. The third kappa shape index (κ3) is 4.85. The fourth-order valence-electron chi connectivity index (χ4n) is 2.47. The first-order valence-corrected chi connectivity index (χ1v) is 8.04. The average molecular weight is 311 g/mol. The van der Waals surface area contributed by atoms with Crippen molar-refractivity contribution >= 4 is 5.91 Å². The van der Waals surface area contributed by atoms with E-state index >= 15 is 0 Å². The molecule has 0 fully saturated rings. The topological polar surface area (TPSA) is 38.3 Å². The van der Waals surface area contributed by atoms with Gasteiger partial charge in [0.1, 0.15) is 5.75 Å². The summed E-state index contributed by atoms with van der Waals surface area (Å²) in [4.78, 5) is 12.2. The third-order valence-corrected chi connectivity index (χ3v) is 3.95. The molecule has 3 heteroatoms. The minimum atomic E-state index is -0.514. The minimum absolute atomic E-state index is 0.0900. The standard InChI is InChI=1S/C20H25NO2/c1-14-10-11-19(15(2)12-14)23-17(4)20(22)21-13-16(3)18-8-6-5-7-9-18/h5-12,16-17H,13H2,1-4H3,(H,21,22). The van der Waals surface area contributed by atoms with E-state index in [9.17, 15) is 4.79 Å². The van der Waals surface area contributed by atoms with Gasteiger partial charge in [-0.15, -0.1) is 0 Å². The van der Waals surface area contributed by atoms with Crippen LogP contribution in [0.3, 0.4) is 0 Å². The quantitative estimate of drug-likeness (QED) is 0.876. The predicted molar refractivity (Wildman–Crippen MR) is 93.9 cm³/mol. The number of carbonyl (C=O) groups excluding carboxylic acids is 1. The van der Waals surface area contributed by atoms with E-state index in [1.54, 1.807) is 6.92 Å². The molecule has 0 aliphatic heterocycles. The van der Waals surface area contributed by atoms with Crippen LogP contribution >= 0.6 is 0 Å². The molecule has 0 heterocycles. The molecule has 2 unspecified atom stereocenters. The number of nitrogens with one attached hydrogen (secondary N) is 1. The van der Waals surface area contributed by atoms with E-state index in [1.807, 2.05) is 44.2 Å². The van der Waals surface area contributed by atoms with Crippen LogP contribution < -0.4 is 10.1 Å². The first-order chi connectivity index (χ1) is 11.0. The lowest BCUT2D eigenvalue weighted by molar-refractivity contribution is -0.127. The number of aryl methyl sites for hydroxylation is 2. The van der Waals surface area contributed by atoms with Crippen molar-refractivity contribution < 1.29 is 9.53 Å². The summed E-state index contributed by atoms with van der Waals surface area (Å²) in [6.45, 7) is 8.51. The molecule has 2 aromatic rings. The molecule has 0 aromatic heterocycles. The van der Waals surface area contributed by atoms with E-state index < -0.39 is 6.10 Å². The van der Waals surface area contributed by atoms with E-state index in [2.05, 4.69) is 30.4 Å². The first-order valence-electron chi connectivity index (χ1n) is 8.04. The van der Waals surface area contributed by atoms with Crippen molar-refractivity contribution in [2.45, 2.75) is 39.7 Å². The van der Waals surface area contributed by atoms with Crippen molar-refractivity contribution in [3.63, 3.8) is 0 Å². The van der Waals surface area contributed by atoms with Gasteiger partial charge in [0.25, 0.3) is 5.91 Å². The highest BCUT2D eigenvalue weighted by Gasteiger charge is 2.16. The molecule has 23 heavy (non-hydrogen) atoms. The maximum absolute atomic E-state index is 12.2. The smallest absolute Gasteiger partial charge is 0.260 e. The minimum Gasteiger partial charge on any atom is -0.481 e. The Morgan fingerprint density at radius 2 is 1.78 bits per heavy atom. The van der Waals surface area contributed by atoms with Gasteiger partial charge in [-0.25, -0.2) is 0 Å². The molecule has 3 nitrogen and oxygen atoms in total. The predicted octanol–water partition coefficient (Wildman–Crippen LogP) is 3.99. The second-order valence-corrected chi connectivity index (χ2v) is 6.09. The van der Waals surface area contributed by atoms with Crippen molar-refractivity contribution in [2.24, 2.45) is 0 Å². The highest BCUT2D eigenvalue weighted by Crippen LogP contribution is 2.20. The summed E-state index contributed by atoms with van der Waals surface area (Å²) >= 11 is 0. The Morgan fingerprint density at radius 1 is 1.09 bits per heavy atom. The fraction of sp³-hybridized carbons (Fsp3) is 0.350. The Morgan fingerprint density at radius 3 is 2.43 bits per heavy atom. The normalized spacial score (nSPS) is 13.2. The SMILES string of the molecule is Cc1ccc(OC(C)C(=O)NCC(C)c2ccccc2)c(C)c1. The fourth-order valence-corrected chi connectivity index (χ4v) is 2.47. The third-order valence-electron chi connectivity index (χ3n) is 3.95. The van der Waals surface area contributed by atoms with E-state index in [0.717, 1.165) is 11.3 Å². The molecular weight excluding hydrogens is 286 g/mol. The Labute approximate surface area is 138 Å². The van der Waals surface area contributed by atoms with Crippen LogP contribution in [0.4, 0.5) is 0 Å². The Bertz CT molecular complexity index is 652. The number of amides is 1. The van der Waals surface area contributed by atoms with Crippen LogP contribution in [-0.4, -0.2) is 18.6 Å². The van der Waals surface area contributed by atoms with Gasteiger partial charge < -0.3 is 10.1 Å². The van der Waals surface area contributed by atoms with Crippen LogP contribution in [0.2, 0.25) is 0 Å². The lowest BCUT2D eigenvalue weighted by Crippen LogP contribution is -2.38. The van der Waals surface area contributed by atoms with Crippen LogP contribution in [0, 0.1) is 13.8 Å². The number of hydrogen-bond donors (Lipinski definition) is 1. The van der Waals surface area contributed by atoms with Gasteiger partial charge in [-0.1, -0.05) is 55.0 Å². The lowest BCUT2D eigenvalue weighted by atomic mass is 10.0. The van der Waals surface area contributed by atoms with Crippen molar-refractivity contribution in [3.05, 3.63) is 65.2 Å². The zero-order valence-electron chi connectivity index (χ0n) is 14.3. The van der Waals surface area contributed by atoms with Gasteiger partial charge in [-0.05, 0) is 43.9 Å². The van der Waals surface area contributed by atoms with Gasteiger partial charge in [-0.3, -0.25) is 4.79 Å². The summed E-state index contributed by atoms with van der Waals surface area (Å²) < 4.78 is 5.79. The summed E-state index contributed by atoms with van der Waals surface area (Å²) in [5.41, 5.74) is 3.45. The van der Waals surface area contributed by atoms with Crippen LogP contribution in [0.5, 0.6) is 5.75 Å². The maximum Gasteiger partial charge on any atom is 0.260 e. The molecular formula is C20H25NO2. The van der Waals surface area contributed by atoms with Gasteiger partial charge in [0.05, 0.1) is 0 Å². The van der Waals surface area contributed by atoms with Crippen molar-refractivity contribution in [2.75, 3.05) is 6.54 Å². The number of rotatable bonds is 6. The van der Waals surface area contributed by atoms with Gasteiger partial charge in [0.2, 0.25) is 0 Å². The van der Waals surface area contributed by atoms with Gasteiger partial charge in [-0.2, -0.15) is 0 Å². The largest absolute Gasteiger partial charge is 0.481 e. The van der Waals surface area contributed by atoms with E-state index in [1.165, 1.54) is 11.1 Å². The lowest BCUT2D eigenvalue weighted by Gasteiger charge is -2.18. The Kier molecular flexibility index (Phi) is 5.80. The monoisotopic (exact) mass is 311 g/mol. The molecule has 0 spiro atoms. The van der Waals surface area contributed by atoms with Crippen LogP contribution in [0.25, 0.3) is 0 Å². The number of benzene rings is 2. The molecule has 0 aliphatic carbocycles. The Hall–Kier alpha value is -2.29.